The van der Waals surface area contributed by atoms with Gasteiger partial charge in [0, 0.05) is 13.1 Å². The number of aromatic hydroxyl groups is 1. The molecule has 2 heterocycles. The number of carbonyl (C=O) groups is 1. The Hall–Kier alpha value is -2.48. The van der Waals surface area contributed by atoms with Gasteiger partial charge in [-0.1, -0.05) is 0 Å². The van der Waals surface area contributed by atoms with Crippen molar-refractivity contribution >= 4 is 5.91 Å². The number of aromatic nitrogens is 4. The number of likely N-dealkylation sites (tertiary alicyclic amines) is 1. The monoisotopic (exact) mass is 330 g/mol. The molecular formula is C16H22N6O2. The van der Waals surface area contributed by atoms with E-state index in [0.717, 1.165) is 19.5 Å². The lowest BCUT2D eigenvalue weighted by Gasteiger charge is -2.29. The van der Waals surface area contributed by atoms with Crippen molar-refractivity contribution in [3.05, 3.63) is 30.1 Å². The Balaban J connectivity index is 1.59. The van der Waals surface area contributed by atoms with Crippen LogP contribution < -0.4 is 5.32 Å². The Morgan fingerprint density at radius 1 is 1.46 bits per heavy atom. The van der Waals surface area contributed by atoms with E-state index in [-0.39, 0.29) is 17.2 Å². The molecular weight excluding hydrogens is 308 g/mol. The molecule has 0 radical (unpaired) electrons. The molecule has 2 aromatic rings. The van der Waals surface area contributed by atoms with E-state index >= 15 is 0 Å². The number of hydrogen-bond donors (Lipinski definition) is 2. The van der Waals surface area contributed by atoms with Gasteiger partial charge in [0.15, 0.2) is 0 Å². The molecule has 1 aliphatic rings. The normalized spacial score (nSPS) is 18.5. The van der Waals surface area contributed by atoms with Crippen molar-refractivity contribution in [3.8, 4) is 11.4 Å². The van der Waals surface area contributed by atoms with Gasteiger partial charge >= 0.3 is 0 Å². The standard InChI is InChI=1S/C16H22N6O2/c1-21-8-2-3-12(10-21)6-7-17-16(24)14-9-13(4-5-15(14)23)22-11-18-19-20-22/h4-5,9,11-12,23H,2-3,6-8,10H2,1H3,(H,17,24). The summed E-state index contributed by atoms with van der Waals surface area (Å²) in [6, 6.07) is 4.71. The Morgan fingerprint density at radius 2 is 2.33 bits per heavy atom. The van der Waals surface area contributed by atoms with Gasteiger partial charge in [-0.2, -0.15) is 0 Å². The van der Waals surface area contributed by atoms with E-state index in [1.807, 2.05) is 0 Å². The summed E-state index contributed by atoms with van der Waals surface area (Å²) in [5.74, 6) is 0.276. The summed E-state index contributed by atoms with van der Waals surface area (Å²) in [7, 11) is 2.13. The third-order valence-corrected chi connectivity index (χ3v) is 4.40. The zero-order chi connectivity index (χ0) is 16.9. The topological polar surface area (TPSA) is 96.2 Å². The zero-order valence-corrected chi connectivity index (χ0v) is 13.7. The molecule has 0 aliphatic carbocycles. The number of nitrogens with one attached hydrogen (secondary N) is 1. The highest BCUT2D eigenvalue weighted by molar-refractivity contribution is 5.97. The first-order valence-corrected chi connectivity index (χ1v) is 8.16. The van der Waals surface area contributed by atoms with Gasteiger partial charge in [-0.05, 0) is 67.4 Å². The number of phenolic OH excluding ortho intramolecular Hbond substituents is 1. The van der Waals surface area contributed by atoms with Crippen molar-refractivity contribution in [1.82, 2.24) is 30.4 Å². The Labute approximate surface area is 140 Å². The van der Waals surface area contributed by atoms with Crippen LogP contribution in [0.15, 0.2) is 24.5 Å². The van der Waals surface area contributed by atoms with Crippen LogP contribution in [0, 0.1) is 5.92 Å². The van der Waals surface area contributed by atoms with E-state index < -0.39 is 0 Å². The van der Waals surface area contributed by atoms with Gasteiger partial charge in [-0.3, -0.25) is 4.79 Å². The summed E-state index contributed by atoms with van der Waals surface area (Å²) in [6.07, 6.45) is 4.81. The fraction of sp³-hybridized carbons (Fsp3) is 0.500. The van der Waals surface area contributed by atoms with Crippen LogP contribution >= 0.6 is 0 Å². The molecule has 1 aromatic carbocycles. The highest BCUT2D eigenvalue weighted by Gasteiger charge is 2.18. The van der Waals surface area contributed by atoms with Crippen molar-refractivity contribution in [1.29, 1.82) is 0 Å². The van der Waals surface area contributed by atoms with Crippen LogP contribution in [-0.2, 0) is 0 Å². The smallest absolute Gasteiger partial charge is 0.255 e. The number of piperidine rings is 1. The van der Waals surface area contributed by atoms with Crippen LogP contribution in [0.3, 0.4) is 0 Å². The largest absolute Gasteiger partial charge is 0.507 e. The number of phenols is 1. The molecule has 0 saturated carbocycles. The molecule has 8 nitrogen and oxygen atoms in total. The molecule has 1 atom stereocenters. The van der Waals surface area contributed by atoms with Crippen molar-refractivity contribution in [3.63, 3.8) is 0 Å². The fourth-order valence-electron chi connectivity index (χ4n) is 3.12. The molecule has 1 fully saturated rings. The first-order chi connectivity index (χ1) is 11.6. The summed E-state index contributed by atoms with van der Waals surface area (Å²) >= 11 is 0. The molecule has 1 aromatic heterocycles. The van der Waals surface area contributed by atoms with Crippen LogP contribution in [0.4, 0.5) is 0 Å². The molecule has 24 heavy (non-hydrogen) atoms. The second kappa shape index (κ2) is 7.39. The number of amides is 1. The van der Waals surface area contributed by atoms with Gasteiger partial charge in [0.25, 0.3) is 5.91 Å². The highest BCUT2D eigenvalue weighted by Crippen LogP contribution is 2.21. The molecule has 128 valence electrons. The van der Waals surface area contributed by atoms with Crippen molar-refractivity contribution in [2.24, 2.45) is 5.92 Å². The molecule has 1 saturated heterocycles. The lowest BCUT2D eigenvalue weighted by molar-refractivity contribution is 0.0945. The van der Waals surface area contributed by atoms with Crippen LogP contribution in [0.5, 0.6) is 5.75 Å². The zero-order valence-electron chi connectivity index (χ0n) is 13.7. The molecule has 0 spiro atoms. The van der Waals surface area contributed by atoms with E-state index in [9.17, 15) is 9.90 Å². The quantitative estimate of drug-likeness (QED) is 0.843. The Kier molecular flexibility index (Phi) is 5.05. The Bertz CT molecular complexity index is 688. The number of carbonyl (C=O) groups excluding carboxylic acids is 1. The van der Waals surface area contributed by atoms with E-state index in [0.29, 0.717) is 18.2 Å². The number of benzene rings is 1. The second-order valence-corrected chi connectivity index (χ2v) is 6.27. The summed E-state index contributed by atoms with van der Waals surface area (Å²) < 4.78 is 1.44. The summed E-state index contributed by atoms with van der Waals surface area (Å²) in [5, 5.41) is 23.8. The average Bonchev–Trinajstić information content (AvgIpc) is 3.10. The number of tetrazole rings is 1. The van der Waals surface area contributed by atoms with Gasteiger partial charge < -0.3 is 15.3 Å². The van der Waals surface area contributed by atoms with Crippen LogP contribution in [0.2, 0.25) is 0 Å². The third kappa shape index (κ3) is 3.88. The molecule has 2 N–H and O–H groups in total. The molecule has 1 aliphatic heterocycles. The van der Waals surface area contributed by atoms with Crippen LogP contribution in [-0.4, -0.2) is 62.8 Å². The maximum absolute atomic E-state index is 12.4. The van der Waals surface area contributed by atoms with Gasteiger partial charge in [0.2, 0.25) is 0 Å². The fourth-order valence-corrected chi connectivity index (χ4v) is 3.12. The molecule has 0 bridgehead atoms. The Morgan fingerprint density at radius 3 is 3.08 bits per heavy atom. The van der Waals surface area contributed by atoms with Crippen molar-refractivity contribution < 1.29 is 9.90 Å². The molecule has 3 rings (SSSR count). The maximum atomic E-state index is 12.4. The van der Waals surface area contributed by atoms with Crippen LogP contribution in [0.25, 0.3) is 5.69 Å². The minimum absolute atomic E-state index is 0.0540. The predicted octanol–water partition coefficient (Wildman–Crippen LogP) is 0.830. The summed E-state index contributed by atoms with van der Waals surface area (Å²) in [4.78, 5) is 14.7. The van der Waals surface area contributed by atoms with Crippen LogP contribution in [0.1, 0.15) is 29.6 Å². The average molecular weight is 330 g/mol. The minimum atomic E-state index is -0.286. The predicted molar refractivity (Wildman–Crippen MR) is 88.0 cm³/mol. The minimum Gasteiger partial charge on any atom is -0.507 e. The third-order valence-electron chi connectivity index (χ3n) is 4.40. The van der Waals surface area contributed by atoms with E-state index in [1.54, 1.807) is 12.1 Å². The highest BCUT2D eigenvalue weighted by atomic mass is 16.3. The van der Waals surface area contributed by atoms with Gasteiger partial charge in [0.05, 0.1) is 11.3 Å². The lowest BCUT2D eigenvalue weighted by Crippen LogP contribution is -2.34. The summed E-state index contributed by atoms with van der Waals surface area (Å²) in [5.41, 5.74) is 0.848. The number of rotatable bonds is 5. The van der Waals surface area contributed by atoms with E-state index in [2.05, 4.69) is 32.8 Å². The second-order valence-electron chi connectivity index (χ2n) is 6.27. The molecule has 8 heteroatoms. The van der Waals surface area contributed by atoms with Gasteiger partial charge in [-0.25, -0.2) is 4.68 Å². The van der Waals surface area contributed by atoms with Gasteiger partial charge in [0.1, 0.15) is 12.1 Å². The SMILES string of the molecule is CN1CCCC(CCNC(=O)c2cc(-n3cnnn3)ccc2O)C1. The van der Waals surface area contributed by atoms with E-state index in [4.69, 9.17) is 0 Å². The number of nitrogens with zero attached hydrogens (tertiary/aromatic N) is 5. The first kappa shape index (κ1) is 16.4. The maximum Gasteiger partial charge on any atom is 0.255 e. The molecule has 1 amide bonds. The first-order valence-electron chi connectivity index (χ1n) is 8.16. The van der Waals surface area contributed by atoms with Gasteiger partial charge in [-0.15, -0.1) is 5.10 Å². The number of hydrogen-bond acceptors (Lipinski definition) is 6. The summed E-state index contributed by atoms with van der Waals surface area (Å²) in [6.45, 7) is 2.84. The van der Waals surface area contributed by atoms with E-state index in [1.165, 1.54) is 29.9 Å². The van der Waals surface area contributed by atoms with Crippen molar-refractivity contribution in [2.75, 3.05) is 26.7 Å². The molecule has 1 unspecified atom stereocenters. The van der Waals surface area contributed by atoms with Crippen molar-refractivity contribution in [2.45, 2.75) is 19.3 Å². The lowest BCUT2D eigenvalue weighted by atomic mass is 9.95.